The Bertz CT molecular complexity index is 544. The first-order chi connectivity index (χ1) is 9.08. The molecule has 0 aliphatic rings. The average Bonchev–Trinajstić information content (AvgIpc) is 2.85. The van der Waals surface area contributed by atoms with Crippen LogP contribution in [0.3, 0.4) is 0 Å². The zero-order valence-electron chi connectivity index (χ0n) is 11.0. The Kier molecular flexibility index (Phi) is 4.55. The van der Waals surface area contributed by atoms with E-state index in [2.05, 4.69) is 15.9 Å². The van der Waals surface area contributed by atoms with Gasteiger partial charge in [0.25, 0.3) is 11.1 Å². The van der Waals surface area contributed by atoms with Crippen molar-refractivity contribution in [1.29, 1.82) is 0 Å². The molecule has 4 nitrogen and oxygen atoms in total. The molecule has 1 unspecified atom stereocenters. The van der Waals surface area contributed by atoms with Crippen LogP contribution in [-0.4, -0.2) is 10.2 Å². The Labute approximate surface area is 115 Å². The van der Waals surface area contributed by atoms with Crippen LogP contribution in [-0.2, 0) is 5.75 Å². The highest BCUT2D eigenvalue weighted by molar-refractivity contribution is 7.98. The molecule has 0 amide bonds. The van der Waals surface area contributed by atoms with Crippen molar-refractivity contribution in [2.75, 3.05) is 0 Å². The molecule has 0 fully saturated rings. The normalized spacial score (nSPS) is 12.9. The standard InChI is InChI=1S/C13H16FN3OS/c1-8(2)11(15)12-16-17-13(18-12)19-7-9-5-3-4-6-10(9)14/h3-6,8,11H,7,15H2,1-2H3/p+1. The molecule has 6 heteroatoms. The molecule has 0 spiro atoms. The number of nitrogens with zero attached hydrogens (tertiary/aromatic N) is 2. The van der Waals surface area contributed by atoms with Crippen LogP contribution in [0.4, 0.5) is 4.39 Å². The maximum Gasteiger partial charge on any atom is 0.277 e. The summed E-state index contributed by atoms with van der Waals surface area (Å²) in [4.78, 5) is 0. The second-order valence-electron chi connectivity index (χ2n) is 4.64. The number of halogens is 1. The minimum absolute atomic E-state index is 0.0182. The molecule has 1 aromatic heterocycles. The number of aromatic nitrogens is 2. The molecular formula is C13H17FN3OS+. The minimum Gasteiger partial charge on any atom is -0.410 e. The van der Waals surface area contributed by atoms with Crippen LogP contribution in [0, 0.1) is 11.7 Å². The number of hydrogen-bond acceptors (Lipinski definition) is 4. The van der Waals surface area contributed by atoms with E-state index in [-0.39, 0.29) is 11.9 Å². The minimum atomic E-state index is -0.216. The van der Waals surface area contributed by atoms with Crippen LogP contribution in [0.2, 0.25) is 0 Å². The first-order valence-corrected chi connectivity index (χ1v) is 7.09. The summed E-state index contributed by atoms with van der Waals surface area (Å²) in [5.74, 6) is 1.13. The lowest BCUT2D eigenvalue weighted by Crippen LogP contribution is -2.56. The van der Waals surface area contributed by atoms with Crippen LogP contribution in [0.1, 0.15) is 31.3 Å². The molecule has 19 heavy (non-hydrogen) atoms. The van der Waals surface area contributed by atoms with Crippen molar-refractivity contribution in [3.8, 4) is 0 Å². The van der Waals surface area contributed by atoms with Crippen LogP contribution >= 0.6 is 11.8 Å². The third-order valence-corrected chi connectivity index (χ3v) is 3.72. The molecule has 0 bridgehead atoms. The average molecular weight is 282 g/mol. The van der Waals surface area contributed by atoms with Gasteiger partial charge in [-0.15, -0.1) is 10.2 Å². The van der Waals surface area contributed by atoms with Gasteiger partial charge in [0.15, 0.2) is 6.04 Å². The molecule has 102 valence electrons. The number of benzene rings is 1. The Hall–Kier alpha value is -1.40. The fourth-order valence-electron chi connectivity index (χ4n) is 1.47. The molecule has 1 aromatic carbocycles. The number of rotatable bonds is 5. The van der Waals surface area contributed by atoms with E-state index in [1.54, 1.807) is 12.1 Å². The maximum absolute atomic E-state index is 13.4. The van der Waals surface area contributed by atoms with E-state index in [4.69, 9.17) is 4.42 Å². The summed E-state index contributed by atoms with van der Waals surface area (Å²) in [6.07, 6.45) is 0. The molecule has 0 radical (unpaired) electrons. The topological polar surface area (TPSA) is 66.6 Å². The third-order valence-electron chi connectivity index (χ3n) is 2.85. The molecule has 1 atom stereocenters. The zero-order chi connectivity index (χ0) is 13.8. The summed E-state index contributed by atoms with van der Waals surface area (Å²) in [5, 5.41) is 8.38. The van der Waals surface area contributed by atoms with Crippen LogP contribution in [0.25, 0.3) is 0 Å². The molecular weight excluding hydrogens is 265 g/mol. The first kappa shape index (κ1) is 14.0. The largest absolute Gasteiger partial charge is 0.410 e. The molecule has 0 saturated carbocycles. The molecule has 2 rings (SSSR count). The van der Waals surface area contributed by atoms with Crippen molar-refractivity contribution in [3.63, 3.8) is 0 Å². The Morgan fingerprint density at radius 1 is 1.32 bits per heavy atom. The fourth-order valence-corrected chi connectivity index (χ4v) is 2.22. The van der Waals surface area contributed by atoms with Gasteiger partial charge in [0, 0.05) is 11.7 Å². The summed E-state index contributed by atoms with van der Waals surface area (Å²) >= 11 is 1.33. The highest BCUT2D eigenvalue weighted by Gasteiger charge is 2.21. The summed E-state index contributed by atoms with van der Waals surface area (Å²) in [5.41, 5.74) is 4.62. The van der Waals surface area contributed by atoms with Crippen LogP contribution < -0.4 is 5.73 Å². The number of thioether (sulfide) groups is 1. The van der Waals surface area contributed by atoms with Gasteiger partial charge >= 0.3 is 0 Å². The Morgan fingerprint density at radius 2 is 2.05 bits per heavy atom. The predicted molar refractivity (Wildman–Crippen MR) is 70.7 cm³/mol. The first-order valence-electron chi connectivity index (χ1n) is 6.10. The Morgan fingerprint density at radius 3 is 2.74 bits per heavy atom. The summed E-state index contributed by atoms with van der Waals surface area (Å²) in [6, 6.07) is 6.65. The zero-order valence-corrected chi connectivity index (χ0v) is 11.8. The van der Waals surface area contributed by atoms with E-state index < -0.39 is 0 Å². The molecule has 1 heterocycles. The van der Waals surface area contributed by atoms with E-state index in [9.17, 15) is 4.39 Å². The van der Waals surface area contributed by atoms with E-state index in [0.717, 1.165) is 0 Å². The molecule has 0 saturated heterocycles. The van der Waals surface area contributed by atoms with Crippen molar-refractivity contribution < 1.29 is 14.5 Å². The van der Waals surface area contributed by atoms with Crippen molar-refractivity contribution in [3.05, 3.63) is 41.5 Å². The van der Waals surface area contributed by atoms with Gasteiger partial charge in [0.05, 0.1) is 0 Å². The molecule has 0 aliphatic heterocycles. The van der Waals surface area contributed by atoms with E-state index in [1.165, 1.54) is 17.8 Å². The van der Waals surface area contributed by atoms with Crippen molar-refractivity contribution >= 4 is 11.8 Å². The second kappa shape index (κ2) is 6.16. The van der Waals surface area contributed by atoms with Crippen molar-refractivity contribution in [1.82, 2.24) is 10.2 Å². The number of quaternary nitrogens is 1. The van der Waals surface area contributed by atoms with Gasteiger partial charge in [-0.1, -0.05) is 43.8 Å². The van der Waals surface area contributed by atoms with E-state index in [0.29, 0.717) is 28.3 Å². The van der Waals surface area contributed by atoms with Crippen molar-refractivity contribution in [2.24, 2.45) is 5.92 Å². The third kappa shape index (κ3) is 3.54. The lowest BCUT2D eigenvalue weighted by atomic mass is 10.1. The van der Waals surface area contributed by atoms with Gasteiger partial charge in [-0.25, -0.2) is 4.39 Å². The SMILES string of the molecule is CC(C)C([NH3+])c1nnc(SCc2ccccc2F)o1. The predicted octanol–water partition coefficient (Wildman–Crippen LogP) is 2.44. The van der Waals surface area contributed by atoms with Gasteiger partial charge in [-0.3, -0.25) is 0 Å². The number of hydrogen-bond donors (Lipinski definition) is 1. The molecule has 0 aliphatic carbocycles. The van der Waals surface area contributed by atoms with E-state index >= 15 is 0 Å². The van der Waals surface area contributed by atoms with Gasteiger partial charge in [-0.05, 0) is 11.6 Å². The van der Waals surface area contributed by atoms with E-state index in [1.807, 2.05) is 19.9 Å². The summed E-state index contributed by atoms with van der Waals surface area (Å²) < 4.78 is 19.0. The molecule has 3 N–H and O–H groups in total. The maximum atomic E-state index is 13.4. The highest BCUT2D eigenvalue weighted by atomic mass is 32.2. The lowest BCUT2D eigenvalue weighted by Gasteiger charge is -2.06. The smallest absolute Gasteiger partial charge is 0.277 e. The van der Waals surface area contributed by atoms with Gasteiger partial charge in [0.2, 0.25) is 0 Å². The lowest BCUT2D eigenvalue weighted by molar-refractivity contribution is -0.443. The summed E-state index contributed by atoms with van der Waals surface area (Å²) in [6.45, 7) is 4.10. The van der Waals surface area contributed by atoms with Gasteiger partial charge < -0.3 is 10.2 Å². The second-order valence-corrected chi connectivity index (χ2v) is 5.56. The quantitative estimate of drug-likeness (QED) is 0.855. The van der Waals surface area contributed by atoms with Gasteiger partial charge in [-0.2, -0.15) is 0 Å². The molecule has 2 aromatic rings. The van der Waals surface area contributed by atoms with Crippen molar-refractivity contribution in [2.45, 2.75) is 30.9 Å². The highest BCUT2D eigenvalue weighted by Crippen LogP contribution is 2.25. The van der Waals surface area contributed by atoms with Gasteiger partial charge in [0.1, 0.15) is 5.82 Å². The Balaban J connectivity index is 1.99. The van der Waals surface area contributed by atoms with Crippen LogP contribution in [0.5, 0.6) is 0 Å². The van der Waals surface area contributed by atoms with Crippen LogP contribution in [0.15, 0.2) is 33.9 Å². The summed E-state index contributed by atoms with van der Waals surface area (Å²) in [7, 11) is 0. The monoisotopic (exact) mass is 282 g/mol. The fraction of sp³-hybridized carbons (Fsp3) is 0.385.